The van der Waals surface area contributed by atoms with Crippen LogP contribution >= 0.6 is 0 Å². The number of nitrogens with two attached hydrogens (primary N) is 1. The van der Waals surface area contributed by atoms with E-state index in [9.17, 15) is 4.79 Å². The number of rotatable bonds is 4. The molecule has 15 heavy (non-hydrogen) atoms. The lowest BCUT2D eigenvalue weighted by Crippen LogP contribution is -2.28. The molecule has 0 bridgehead atoms. The van der Waals surface area contributed by atoms with Gasteiger partial charge in [-0.15, -0.1) is 0 Å². The van der Waals surface area contributed by atoms with Gasteiger partial charge in [0.15, 0.2) is 0 Å². The molecule has 0 heterocycles. The maximum Gasteiger partial charge on any atom is 0.140 e. The Morgan fingerprint density at radius 3 is 1.87 bits per heavy atom. The van der Waals surface area contributed by atoms with Gasteiger partial charge in [-0.05, 0) is 19.8 Å². The van der Waals surface area contributed by atoms with Crippen LogP contribution in [0.5, 0.6) is 0 Å². The van der Waals surface area contributed by atoms with Gasteiger partial charge in [0, 0.05) is 18.8 Å². The summed E-state index contributed by atoms with van der Waals surface area (Å²) in [6.07, 6.45) is 1.84. The molecule has 0 spiro atoms. The maximum absolute atomic E-state index is 11.7. The first kappa shape index (κ1) is 17.0. The summed E-state index contributed by atoms with van der Waals surface area (Å²) in [5.41, 5.74) is 5.43. The molecule has 2 N–H and O–H groups in total. The van der Waals surface area contributed by atoms with Crippen molar-refractivity contribution in [3.05, 3.63) is 0 Å². The molecule has 0 aromatic carbocycles. The topological polar surface area (TPSA) is 43.1 Å². The average molecular weight is 217 g/mol. The minimum absolute atomic E-state index is 0. The standard InChI is InChI=1S/C11H23NO.C2H6.H2/c1-8(6-7-9(2)12)10(13)11(3,4)5;1-2;/h8-9H,6-7,12H2,1-5H3;1-2H3;1H. The predicted molar refractivity (Wildman–Crippen MR) is 70.0 cm³/mol. The van der Waals surface area contributed by atoms with E-state index in [1.807, 2.05) is 48.5 Å². The third-order valence-electron chi connectivity index (χ3n) is 2.24. The lowest BCUT2D eigenvalue weighted by atomic mass is 9.82. The van der Waals surface area contributed by atoms with Crippen molar-refractivity contribution in [3.8, 4) is 0 Å². The van der Waals surface area contributed by atoms with Crippen molar-refractivity contribution in [2.45, 2.75) is 67.3 Å². The van der Waals surface area contributed by atoms with Crippen molar-refractivity contribution in [1.29, 1.82) is 0 Å². The molecule has 2 atom stereocenters. The molecule has 94 valence electrons. The molecular weight excluding hydrogens is 186 g/mol. The number of ketones is 1. The second kappa shape index (κ2) is 7.86. The molecule has 0 saturated carbocycles. The molecule has 0 aliphatic carbocycles. The zero-order chi connectivity index (χ0) is 12.6. The number of carbonyl (C=O) groups excluding carboxylic acids is 1. The highest BCUT2D eigenvalue weighted by atomic mass is 16.1. The van der Waals surface area contributed by atoms with E-state index < -0.39 is 0 Å². The summed E-state index contributed by atoms with van der Waals surface area (Å²) in [4.78, 5) is 11.7. The smallest absolute Gasteiger partial charge is 0.140 e. The summed E-state index contributed by atoms with van der Waals surface area (Å²) < 4.78 is 0. The second-order valence-corrected chi connectivity index (χ2v) is 5.07. The van der Waals surface area contributed by atoms with E-state index >= 15 is 0 Å². The van der Waals surface area contributed by atoms with Crippen LogP contribution in [0.3, 0.4) is 0 Å². The predicted octanol–water partition coefficient (Wildman–Crippen LogP) is 3.64. The van der Waals surface area contributed by atoms with Crippen LogP contribution in [0.25, 0.3) is 0 Å². The van der Waals surface area contributed by atoms with Crippen LogP contribution in [0.4, 0.5) is 0 Å². The Hall–Kier alpha value is -0.370. The van der Waals surface area contributed by atoms with Crippen LogP contribution in [-0.4, -0.2) is 11.8 Å². The second-order valence-electron chi connectivity index (χ2n) is 5.07. The first-order chi connectivity index (χ1) is 6.75. The minimum Gasteiger partial charge on any atom is -0.328 e. The van der Waals surface area contributed by atoms with E-state index in [0.717, 1.165) is 12.8 Å². The lowest BCUT2D eigenvalue weighted by Gasteiger charge is -2.22. The van der Waals surface area contributed by atoms with Gasteiger partial charge in [0.2, 0.25) is 0 Å². The number of carbonyl (C=O) groups is 1. The molecule has 0 aliphatic heterocycles. The fraction of sp³-hybridized carbons (Fsp3) is 0.923. The van der Waals surface area contributed by atoms with Gasteiger partial charge in [-0.2, -0.15) is 0 Å². The first-order valence-corrected chi connectivity index (χ1v) is 6.05. The monoisotopic (exact) mass is 217 g/mol. The van der Waals surface area contributed by atoms with Gasteiger partial charge >= 0.3 is 0 Å². The van der Waals surface area contributed by atoms with Crippen molar-refractivity contribution in [3.63, 3.8) is 0 Å². The Morgan fingerprint density at radius 2 is 1.60 bits per heavy atom. The highest BCUT2D eigenvalue weighted by Crippen LogP contribution is 2.22. The zero-order valence-electron chi connectivity index (χ0n) is 11.6. The molecule has 0 rings (SSSR count). The van der Waals surface area contributed by atoms with Crippen LogP contribution in [0, 0.1) is 11.3 Å². The number of Topliss-reactive ketones (excluding diaryl/α,β-unsaturated/α-hetero) is 1. The van der Waals surface area contributed by atoms with Gasteiger partial charge in [0.1, 0.15) is 5.78 Å². The maximum atomic E-state index is 11.7. The molecule has 0 aromatic rings. The molecule has 0 aliphatic rings. The van der Waals surface area contributed by atoms with Crippen molar-refractivity contribution in [2.75, 3.05) is 0 Å². The number of hydrogen-bond donors (Lipinski definition) is 1. The van der Waals surface area contributed by atoms with Crippen LogP contribution in [0.1, 0.15) is 62.7 Å². The van der Waals surface area contributed by atoms with Crippen LogP contribution in [0.2, 0.25) is 0 Å². The van der Waals surface area contributed by atoms with Gasteiger partial charge < -0.3 is 5.73 Å². The summed E-state index contributed by atoms with van der Waals surface area (Å²) in [5.74, 6) is 0.485. The quantitative estimate of drug-likeness (QED) is 0.781. The highest BCUT2D eigenvalue weighted by molar-refractivity contribution is 5.85. The Balaban J connectivity index is -0.000000529. The molecular formula is C13H31NO. The van der Waals surface area contributed by atoms with Crippen molar-refractivity contribution >= 4 is 5.78 Å². The van der Waals surface area contributed by atoms with E-state index in [0.29, 0.717) is 5.78 Å². The zero-order valence-corrected chi connectivity index (χ0v) is 11.6. The third kappa shape index (κ3) is 8.61. The molecule has 2 heteroatoms. The Morgan fingerprint density at radius 1 is 1.20 bits per heavy atom. The highest BCUT2D eigenvalue weighted by Gasteiger charge is 2.26. The fourth-order valence-electron chi connectivity index (χ4n) is 1.38. The van der Waals surface area contributed by atoms with Gasteiger partial charge in [0.05, 0.1) is 0 Å². The molecule has 0 amide bonds. The molecule has 0 radical (unpaired) electrons. The summed E-state index contributed by atoms with van der Waals surface area (Å²) in [5, 5.41) is 0. The van der Waals surface area contributed by atoms with E-state index in [1.165, 1.54) is 0 Å². The fourth-order valence-corrected chi connectivity index (χ4v) is 1.38. The summed E-state index contributed by atoms with van der Waals surface area (Å²) >= 11 is 0. The largest absolute Gasteiger partial charge is 0.328 e. The molecule has 2 unspecified atom stereocenters. The minimum atomic E-state index is -0.211. The van der Waals surface area contributed by atoms with E-state index in [4.69, 9.17) is 5.73 Å². The first-order valence-electron chi connectivity index (χ1n) is 6.05. The normalized spacial score (nSPS) is 14.9. The van der Waals surface area contributed by atoms with Crippen LogP contribution in [-0.2, 0) is 4.79 Å². The number of hydrogen-bond acceptors (Lipinski definition) is 2. The van der Waals surface area contributed by atoms with Gasteiger partial charge in [-0.1, -0.05) is 41.5 Å². The van der Waals surface area contributed by atoms with Gasteiger partial charge in [0.25, 0.3) is 0 Å². The van der Waals surface area contributed by atoms with Crippen molar-refractivity contribution in [1.82, 2.24) is 0 Å². The molecule has 0 saturated heterocycles. The third-order valence-corrected chi connectivity index (χ3v) is 2.24. The van der Waals surface area contributed by atoms with Crippen molar-refractivity contribution < 1.29 is 6.22 Å². The van der Waals surface area contributed by atoms with E-state index in [-0.39, 0.29) is 18.8 Å². The van der Waals surface area contributed by atoms with Gasteiger partial charge in [-0.3, -0.25) is 4.79 Å². The lowest BCUT2D eigenvalue weighted by molar-refractivity contribution is -0.130. The molecule has 0 fully saturated rings. The SMILES string of the molecule is CC.CC(N)CCC(C)C(=O)C(C)(C)C.[HH]. The van der Waals surface area contributed by atoms with Crippen molar-refractivity contribution in [2.24, 2.45) is 17.1 Å². The summed E-state index contributed by atoms with van der Waals surface area (Å²) in [6, 6.07) is 0.204. The molecule has 0 aromatic heterocycles. The Kier molecular flexibility index (Phi) is 8.93. The molecule has 2 nitrogen and oxygen atoms in total. The summed E-state index contributed by atoms with van der Waals surface area (Å²) in [6.45, 7) is 13.9. The Labute approximate surface area is 97.1 Å². The van der Waals surface area contributed by atoms with Crippen LogP contribution in [0.15, 0.2) is 0 Å². The average Bonchev–Trinajstić information content (AvgIpc) is 2.14. The van der Waals surface area contributed by atoms with Gasteiger partial charge in [-0.25, -0.2) is 0 Å². The Bertz CT molecular complexity index is 173. The summed E-state index contributed by atoms with van der Waals surface area (Å²) in [7, 11) is 0. The van der Waals surface area contributed by atoms with E-state index in [1.54, 1.807) is 0 Å². The van der Waals surface area contributed by atoms with E-state index in [2.05, 4.69) is 0 Å². The van der Waals surface area contributed by atoms with Crippen LogP contribution < -0.4 is 5.73 Å².